The number of pyridine rings is 2. The number of nitrogens with zero attached hydrogens (tertiary/aromatic N) is 5. The van der Waals surface area contributed by atoms with Crippen LogP contribution in [0.5, 0.6) is 0 Å². The zero-order valence-electron chi connectivity index (χ0n) is 16.0. The first kappa shape index (κ1) is 18.5. The highest BCUT2D eigenvalue weighted by molar-refractivity contribution is 7.51. The Labute approximate surface area is 166 Å². The van der Waals surface area contributed by atoms with Gasteiger partial charge in [-0.3, -0.25) is 4.40 Å². The fourth-order valence-electron chi connectivity index (χ4n) is 3.78. The van der Waals surface area contributed by atoms with Gasteiger partial charge in [0.2, 0.25) is 0 Å². The summed E-state index contributed by atoms with van der Waals surface area (Å²) >= 11 is -0.750. The quantitative estimate of drug-likeness (QED) is 0.531. The second-order valence-corrected chi connectivity index (χ2v) is 7.28. The van der Waals surface area contributed by atoms with Crippen molar-refractivity contribution < 1.29 is 8.42 Å². The van der Waals surface area contributed by atoms with Gasteiger partial charge in [0.1, 0.15) is 11.2 Å². The molecule has 0 spiro atoms. The molecule has 0 unspecified atom stereocenters. The number of fused-ring (bicyclic) bond motifs is 2. The number of hydrogen-bond acceptors (Lipinski definition) is 5. The van der Waals surface area contributed by atoms with Gasteiger partial charge < -0.3 is 4.57 Å². The van der Waals surface area contributed by atoms with Gasteiger partial charge in [0.15, 0.2) is 11.5 Å². The Morgan fingerprint density at radius 2 is 1.93 bits per heavy atom. The molecule has 1 fully saturated rings. The molecular formula is C20H21N5O2S. The second kappa shape index (κ2) is 7.27. The van der Waals surface area contributed by atoms with Gasteiger partial charge in [-0.25, -0.2) is 15.0 Å². The minimum absolute atomic E-state index is 0.675. The van der Waals surface area contributed by atoms with Crippen molar-refractivity contribution in [1.82, 2.24) is 23.9 Å². The van der Waals surface area contributed by atoms with Crippen molar-refractivity contribution in [3.63, 3.8) is 0 Å². The monoisotopic (exact) mass is 395 g/mol. The highest BCUT2D eigenvalue weighted by atomic mass is 32.1. The van der Waals surface area contributed by atoms with Crippen LogP contribution in [0.1, 0.15) is 42.4 Å². The third kappa shape index (κ3) is 3.03. The van der Waals surface area contributed by atoms with Crippen molar-refractivity contribution in [2.75, 3.05) is 0 Å². The molecule has 4 aromatic rings. The van der Waals surface area contributed by atoms with Crippen molar-refractivity contribution in [3.8, 4) is 11.5 Å². The molecule has 0 aliphatic heterocycles. The molecule has 0 aromatic carbocycles. The lowest BCUT2D eigenvalue weighted by molar-refractivity contribution is 0.630. The minimum Gasteiger partial charge on any atom is -0.311 e. The Morgan fingerprint density at radius 1 is 1.18 bits per heavy atom. The van der Waals surface area contributed by atoms with Crippen LogP contribution in [0, 0.1) is 6.92 Å². The summed E-state index contributed by atoms with van der Waals surface area (Å²) in [7, 11) is 2.05. The first-order valence-corrected chi connectivity index (χ1v) is 9.95. The molecule has 1 aliphatic carbocycles. The van der Waals surface area contributed by atoms with Gasteiger partial charge in [-0.05, 0) is 60.9 Å². The molecule has 0 amide bonds. The molecule has 7 nitrogen and oxygen atoms in total. The number of aromatic nitrogens is 5. The van der Waals surface area contributed by atoms with Crippen molar-refractivity contribution >= 4 is 28.4 Å². The van der Waals surface area contributed by atoms with Gasteiger partial charge in [0, 0.05) is 25.6 Å². The van der Waals surface area contributed by atoms with Crippen molar-refractivity contribution in [2.24, 2.45) is 7.05 Å². The van der Waals surface area contributed by atoms with Crippen LogP contribution in [0.4, 0.5) is 0 Å². The van der Waals surface area contributed by atoms with E-state index in [1.165, 1.54) is 24.0 Å². The fraction of sp³-hybridized carbons (Fsp3) is 0.350. The number of hydrogen-bond donors (Lipinski definition) is 0. The second-order valence-electron chi connectivity index (χ2n) is 7.14. The zero-order chi connectivity index (χ0) is 19.8. The molecule has 8 heteroatoms. The maximum atomic E-state index is 8.29. The van der Waals surface area contributed by atoms with Crippen molar-refractivity contribution in [2.45, 2.75) is 39.0 Å². The van der Waals surface area contributed by atoms with Crippen LogP contribution in [-0.2, 0) is 25.0 Å². The van der Waals surface area contributed by atoms with Gasteiger partial charge in [-0.1, -0.05) is 6.92 Å². The Balaban J connectivity index is 0.000000604. The Morgan fingerprint density at radius 3 is 2.61 bits per heavy atom. The SMILES string of the molecule is CCc1cc(C2CC2)c2nccn2c1-c1nc2cc(C)cnc2n1C.O=S=O. The summed E-state index contributed by atoms with van der Waals surface area (Å²) in [6, 6.07) is 4.45. The molecule has 4 heterocycles. The normalized spacial score (nSPS) is 13.5. The summed E-state index contributed by atoms with van der Waals surface area (Å²) in [6.07, 6.45) is 9.39. The van der Waals surface area contributed by atoms with Crippen molar-refractivity contribution in [1.29, 1.82) is 0 Å². The van der Waals surface area contributed by atoms with E-state index in [9.17, 15) is 0 Å². The van der Waals surface area contributed by atoms with Crippen LogP contribution in [0.25, 0.3) is 28.3 Å². The molecule has 0 bridgehead atoms. The van der Waals surface area contributed by atoms with Gasteiger partial charge in [-0.2, -0.15) is 8.42 Å². The van der Waals surface area contributed by atoms with E-state index in [2.05, 4.69) is 51.1 Å². The van der Waals surface area contributed by atoms with Crippen LogP contribution in [0.15, 0.2) is 30.7 Å². The minimum atomic E-state index is -0.750. The molecular weight excluding hydrogens is 374 g/mol. The lowest BCUT2D eigenvalue weighted by Gasteiger charge is -2.14. The van der Waals surface area contributed by atoms with Crippen LogP contribution in [0.3, 0.4) is 0 Å². The summed E-state index contributed by atoms with van der Waals surface area (Å²) in [5, 5.41) is 0. The molecule has 4 aromatic heterocycles. The molecule has 0 atom stereocenters. The highest BCUT2D eigenvalue weighted by Gasteiger charge is 2.29. The van der Waals surface area contributed by atoms with E-state index in [-0.39, 0.29) is 0 Å². The highest BCUT2D eigenvalue weighted by Crippen LogP contribution is 2.43. The van der Waals surface area contributed by atoms with Gasteiger partial charge in [0.05, 0.1) is 5.69 Å². The van der Waals surface area contributed by atoms with E-state index in [0.717, 1.165) is 40.3 Å². The molecule has 5 rings (SSSR count). The van der Waals surface area contributed by atoms with Crippen LogP contribution >= 0.6 is 0 Å². The third-order valence-corrected chi connectivity index (χ3v) is 5.23. The Hall–Kier alpha value is -2.87. The third-order valence-electron chi connectivity index (χ3n) is 5.23. The van der Waals surface area contributed by atoms with Crippen LogP contribution < -0.4 is 0 Å². The van der Waals surface area contributed by atoms with Gasteiger partial charge in [0.25, 0.3) is 0 Å². The van der Waals surface area contributed by atoms with E-state index in [0.29, 0.717) is 5.92 Å². The summed E-state index contributed by atoms with van der Waals surface area (Å²) < 4.78 is 20.9. The Kier molecular flexibility index (Phi) is 4.80. The topological polar surface area (TPSA) is 82.2 Å². The van der Waals surface area contributed by atoms with E-state index in [4.69, 9.17) is 13.4 Å². The molecule has 0 radical (unpaired) electrons. The van der Waals surface area contributed by atoms with Crippen molar-refractivity contribution in [3.05, 3.63) is 47.4 Å². The molecule has 28 heavy (non-hydrogen) atoms. The summed E-state index contributed by atoms with van der Waals surface area (Å²) in [6.45, 7) is 4.26. The maximum Gasteiger partial charge on any atom is 0.335 e. The standard InChI is InChI=1S/C20H21N5.O2S/c1-4-13-10-15(14-5-6-14)18-21-7-8-25(18)17(13)20-23-16-9-12(2)11-22-19(16)24(20)3;1-3-2/h7-11,14H,4-6H2,1-3H3;. The summed E-state index contributed by atoms with van der Waals surface area (Å²) in [4.78, 5) is 14.2. The number of aryl methyl sites for hydroxylation is 3. The van der Waals surface area contributed by atoms with E-state index in [1.807, 2.05) is 19.4 Å². The lowest BCUT2D eigenvalue weighted by atomic mass is 10.0. The van der Waals surface area contributed by atoms with Gasteiger partial charge in [-0.15, -0.1) is 0 Å². The molecule has 0 saturated heterocycles. The predicted molar refractivity (Wildman–Crippen MR) is 108 cm³/mol. The largest absolute Gasteiger partial charge is 0.335 e. The lowest BCUT2D eigenvalue weighted by Crippen LogP contribution is -2.05. The van der Waals surface area contributed by atoms with E-state index in [1.54, 1.807) is 0 Å². The first-order valence-electron chi connectivity index (χ1n) is 9.29. The maximum absolute atomic E-state index is 8.29. The Bertz CT molecular complexity index is 1220. The molecule has 1 aliphatic rings. The summed E-state index contributed by atoms with van der Waals surface area (Å²) in [5.74, 6) is 1.63. The predicted octanol–water partition coefficient (Wildman–Crippen LogP) is 3.36. The zero-order valence-corrected chi connectivity index (χ0v) is 16.9. The molecule has 144 valence electrons. The fourth-order valence-corrected chi connectivity index (χ4v) is 3.78. The molecule has 1 saturated carbocycles. The van der Waals surface area contributed by atoms with Crippen LogP contribution in [0.2, 0.25) is 0 Å². The van der Waals surface area contributed by atoms with Gasteiger partial charge >= 0.3 is 11.6 Å². The van der Waals surface area contributed by atoms with E-state index < -0.39 is 11.6 Å². The number of imidazole rings is 2. The van der Waals surface area contributed by atoms with Crippen LogP contribution in [-0.4, -0.2) is 32.3 Å². The average Bonchev–Trinajstić information content (AvgIpc) is 3.32. The smallest absolute Gasteiger partial charge is 0.311 e. The molecule has 0 N–H and O–H groups in total. The van der Waals surface area contributed by atoms with E-state index >= 15 is 0 Å². The first-order chi connectivity index (χ1) is 13.6. The average molecular weight is 395 g/mol. The number of rotatable bonds is 3. The summed E-state index contributed by atoms with van der Waals surface area (Å²) in [5.41, 5.74) is 7.91.